The molecule has 0 aromatic heterocycles. The lowest BCUT2D eigenvalue weighted by Gasteiger charge is -2.19. The standard InChI is InChI=1S/C31H29IN6O2/c1-20(37-38-31(33)34)24-9-6-12-27(19-24)35-30(40)28(36-29(39)25-10-5-11-26(32)18-25)17-21-13-15-23(16-14-21)22-7-3-2-4-8-22/h2-16,18-19,28H,17H2,1H3,(H,35,40)(H,36,39)(H4,33,34,38)/t28-/m0/s1. The Bertz CT molecular complexity index is 1550. The second-order valence-electron chi connectivity index (χ2n) is 9.08. The van der Waals surface area contributed by atoms with Gasteiger partial charge in [0.1, 0.15) is 6.04 Å². The fraction of sp³-hybridized carbons (Fsp3) is 0.0968. The fourth-order valence-electron chi connectivity index (χ4n) is 4.02. The fourth-order valence-corrected chi connectivity index (χ4v) is 4.57. The van der Waals surface area contributed by atoms with Gasteiger partial charge < -0.3 is 22.1 Å². The predicted molar refractivity (Wildman–Crippen MR) is 169 cm³/mol. The molecule has 0 heterocycles. The van der Waals surface area contributed by atoms with E-state index in [9.17, 15) is 9.59 Å². The first kappa shape index (κ1) is 28.5. The van der Waals surface area contributed by atoms with Crippen molar-refractivity contribution in [2.75, 3.05) is 5.32 Å². The summed E-state index contributed by atoms with van der Waals surface area (Å²) in [5.74, 6) is -0.817. The average molecular weight is 645 g/mol. The lowest BCUT2D eigenvalue weighted by Crippen LogP contribution is -2.45. The van der Waals surface area contributed by atoms with Gasteiger partial charge in [-0.25, -0.2) is 0 Å². The largest absolute Gasteiger partial charge is 0.369 e. The van der Waals surface area contributed by atoms with Crippen LogP contribution in [0.5, 0.6) is 0 Å². The SMILES string of the molecule is CC(=NN=C(N)N)c1cccc(NC(=O)[C@H](Cc2ccc(-c3ccccc3)cc2)NC(=O)c2cccc(I)c2)c1. The van der Waals surface area contributed by atoms with Gasteiger partial charge in [0.15, 0.2) is 0 Å². The number of nitrogens with one attached hydrogen (secondary N) is 2. The van der Waals surface area contributed by atoms with Crippen molar-refractivity contribution in [3.63, 3.8) is 0 Å². The molecule has 6 N–H and O–H groups in total. The summed E-state index contributed by atoms with van der Waals surface area (Å²) < 4.78 is 0.928. The Kier molecular flexibility index (Phi) is 9.63. The van der Waals surface area contributed by atoms with Gasteiger partial charge >= 0.3 is 0 Å². The number of carbonyl (C=O) groups excluding carboxylic acids is 2. The molecule has 202 valence electrons. The number of hydrogen-bond acceptors (Lipinski definition) is 4. The van der Waals surface area contributed by atoms with Crippen LogP contribution in [0.1, 0.15) is 28.4 Å². The summed E-state index contributed by atoms with van der Waals surface area (Å²) in [6.07, 6.45) is 0.307. The molecule has 0 aliphatic rings. The van der Waals surface area contributed by atoms with E-state index in [-0.39, 0.29) is 17.8 Å². The van der Waals surface area contributed by atoms with Crippen molar-refractivity contribution < 1.29 is 9.59 Å². The van der Waals surface area contributed by atoms with Gasteiger partial charge in [0.05, 0.1) is 5.71 Å². The molecular formula is C31H29IN6O2. The quantitative estimate of drug-likeness (QED) is 0.0890. The summed E-state index contributed by atoms with van der Waals surface area (Å²) in [5, 5.41) is 13.5. The second-order valence-corrected chi connectivity index (χ2v) is 10.3. The molecule has 0 aliphatic carbocycles. The van der Waals surface area contributed by atoms with Gasteiger partial charge in [-0.1, -0.05) is 72.8 Å². The molecule has 0 fully saturated rings. The van der Waals surface area contributed by atoms with E-state index in [4.69, 9.17) is 11.5 Å². The number of benzene rings is 4. The van der Waals surface area contributed by atoms with Crippen molar-refractivity contribution in [1.29, 1.82) is 0 Å². The normalized spacial score (nSPS) is 11.8. The summed E-state index contributed by atoms with van der Waals surface area (Å²) in [4.78, 5) is 26.6. The van der Waals surface area contributed by atoms with E-state index in [1.54, 1.807) is 37.3 Å². The number of halogens is 1. The summed E-state index contributed by atoms with van der Waals surface area (Å²) in [6.45, 7) is 1.76. The number of nitrogens with zero attached hydrogens (tertiary/aromatic N) is 2. The molecule has 40 heavy (non-hydrogen) atoms. The molecule has 0 saturated heterocycles. The second kappa shape index (κ2) is 13.5. The molecule has 0 spiro atoms. The van der Waals surface area contributed by atoms with E-state index in [1.807, 2.05) is 72.8 Å². The van der Waals surface area contributed by atoms with Crippen molar-refractivity contribution >= 4 is 51.8 Å². The third-order valence-corrected chi connectivity index (χ3v) is 6.74. The molecule has 4 aromatic rings. The Morgan fingerprint density at radius 2 is 1.48 bits per heavy atom. The lowest BCUT2D eigenvalue weighted by atomic mass is 10.00. The molecule has 0 bridgehead atoms. The number of guanidine groups is 1. The molecule has 1 atom stereocenters. The minimum Gasteiger partial charge on any atom is -0.369 e. The van der Waals surface area contributed by atoms with Crippen molar-refractivity contribution in [3.05, 3.63) is 123 Å². The predicted octanol–water partition coefficient (Wildman–Crippen LogP) is 4.94. The number of hydrogen-bond donors (Lipinski definition) is 4. The van der Waals surface area contributed by atoms with Crippen molar-refractivity contribution in [1.82, 2.24) is 5.32 Å². The zero-order valence-corrected chi connectivity index (χ0v) is 24.0. The van der Waals surface area contributed by atoms with E-state index in [0.717, 1.165) is 25.8 Å². The van der Waals surface area contributed by atoms with Crippen LogP contribution in [0.15, 0.2) is 113 Å². The maximum Gasteiger partial charge on any atom is 0.251 e. The molecule has 0 unspecified atom stereocenters. The number of anilines is 1. The van der Waals surface area contributed by atoms with Crippen LogP contribution in [0, 0.1) is 3.57 Å². The topological polar surface area (TPSA) is 135 Å². The van der Waals surface area contributed by atoms with Crippen LogP contribution >= 0.6 is 22.6 Å². The maximum absolute atomic E-state index is 13.5. The highest BCUT2D eigenvalue weighted by Crippen LogP contribution is 2.20. The summed E-state index contributed by atoms with van der Waals surface area (Å²) >= 11 is 2.15. The van der Waals surface area contributed by atoms with Gasteiger partial charge in [-0.05, 0) is 82.1 Å². The van der Waals surface area contributed by atoms with Crippen LogP contribution < -0.4 is 22.1 Å². The molecule has 0 aliphatic heterocycles. The first-order chi connectivity index (χ1) is 19.3. The Labute approximate surface area is 246 Å². The summed E-state index contributed by atoms with van der Waals surface area (Å²) in [5.41, 5.74) is 16.2. The van der Waals surface area contributed by atoms with E-state index in [2.05, 4.69) is 43.4 Å². The van der Waals surface area contributed by atoms with Crippen molar-refractivity contribution in [2.45, 2.75) is 19.4 Å². The smallest absolute Gasteiger partial charge is 0.251 e. The first-order valence-electron chi connectivity index (χ1n) is 12.5. The van der Waals surface area contributed by atoms with Crippen molar-refractivity contribution in [3.8, 4) is 11.1 Å². The monoisotopic (exact) mass is 644 g/mol. The van der Waals surface area contributed by atoms with Crippen LogP contribution in [0.2, 0.25) is 0 Å². The van der Waals surface area contributed by atoms with Gasteiger partial charge in [0.25, 0.3) is 5.91 Å². The summed E-state index contributed by atoms with van der Waals surface area (Å²) in [6, 6.07) is 31.6. The molecule has 4 aromatic carbocycles. The first-order valence-corrected chi connectivity index (χ1v) is 13.6. The molecular weight excluding hydrogens is 615 g/mol. The minimum absolute atomic E-state index is 0.146. The third kappa shape index (κ3) is 8.00. The van der Waals surface area contributed by atoms with Crippen LogP contribution in [0.4, 0.5) is 5.69 Å². The maximum atomic E-state index is 13.5. The van der Waals surface area contributed by atoms with Gasteiger partial charge in [0, 0.05) is 21.2 Å². The Balaban J connectivity index is 1.56. The molecule has 0 saturated carbocycles. The Morgan fingerprint density at radius 1 is 0.800 bits per heavy atom. The van der Waals surface area contributed by atoms with Crippen LogP contribution in [0.25, 0.3) is 11.1 Å². The molecule has 4 rings (SSSR count). The highest BCUT2D eigenvalue weighted by atomic mass is 127. The molecule has 8 nitrogen and oxygen atoms in total. The van der Waals surface area contributed by atoms with Gasteiger partial charge in [-0.3, -0.25) is 9.59 Å². The van der Waals surface area contributed by atoms with Crippen LogP contribution in [-0.2, 0) is 11.2 Å². The van der Waals surface area contributed by atoms with Gasteiger partial charge in [0.2, 0.25) is 11.9 Å². The molecule has 0 radical (unpaired) electrons. The van der Waals surface area contributed by atoms with Crippen LogP contribution in [-0.4, -0.2) is 29.5 Å². The molecule has 9 heteroatoms. The van der Waals surface area contributed by atoms with E-state index in [1.165, 1.54) is 0 Å². The lowest BCUT2D eigenvalue weighted by molar-refractivity contribution is -0.118. The van der Waals surface area contributed by atoms with Crippen molar-refractivity contribution in [2.24, 2.45) is 21.7 Å². The number of amides is 2. The van der Waals surface area contributed by atoms with Crippen LogP contribution in [0.3, 0.4) is 0 Å². The zero-order valence-electron chi connectivity index (χ0n) is 21.8. The van der Waals surface area contributed by atoms with Gasteiger partial charge in [-0.2, -0.15) is 5.10 Å². The average Bonchev–Trinajstić information content (AvgIpc) is 2.96. The number of carbonyl (C=O) groups is 2. The third-order valence-electron chi connectivity index (χ3n) is 6.07. The summed E-state index contributed by atoms with van der Waals surface area (Å²) in [7, 11) is 0. The molecule has 2 amide bonds. The minimum atomic E-state index is -0.826. The number of rotatable bonds is 9. The highest BCUT2D eigenvalue weighted by molar-refractivity contribution is 14.1. The highest BCUT2D eigenvalue weighted by Gasteiger charge is 2.23. The Morgan fingerprint density at radius 3 is 2.17 bits per heavy atom. The van der Waals surface area contributed by atoms with E-state index in [0.29, 0.717) is 23.4 Å². The Hall–Kier alpha value is -4.51. The number of nitrogens with two attached hydrogens (primary N) is 2. The van der Waals surface area contributed by atoms with E-state index < -0.39 is 6.04 Å². The zero-order chi connectivity index (χ0) is 28.5. The van der Waals surface area contributed by atoms with E-state index >= 15 is 0 Å². The van der Waals surface area contributed by atoms with Gasteiger partial charge in [-0.15, -0.1) is 5.10 Å².